The normalized spacial score (nSPS) is 17.3. The third kappa shape index (κ3) is 3.85. The van der Waals surface area contributed by atoms with Crippen LogP contribution < -0.4 is 4.74 Å². The Morgan fingerprint density at radius 1 is 1.17 bits per heavy atom. The van der Waals surface area contributed by atoms with E-state index in [0.29, 0.717) is 17.4 Å². The number of amides is 1. The molecule has 2 aromatic rings. The summed E-state index contributed by atoms with van der Waals surface area (Å²) >= 11 is 5.88. The molecule has 1 aliphatic rings. The molecule has 3 rings (SSSR count). The first-order chi connectivity index (χ1) is 11.2. The third-order valence-electron chi connectivity index (χ3n) is 4.40. The van der Waals surface area contributed by atoms with E-state index in [1.165, 1.54) is 5.56 Å². The van der Waals surface area contributed by atoms with E-state index in [4.69, 9.17) is 16.3 Å². The van der Waals surface area contributed by atoms with Crippen LogP contribution in [0.25, 0.3) is 0 Å². The zero-order valence-electron chi connectivity index (χ0n) is 13.2. The highest BCUT2D eigenvalue weighted by atomic mass is 35.5. The van der Waals surface area contributed by atoms with Gasteiger partial charge in [-0.05, 0) is 41.8 Å². The van der Waals surface area contributed by atoms with Gasteiger partial charge >= 0.3 is 0 Å². The highest BCUT2D eigenvalue weighted by Gasteiger charge is 2.27. The number of halogens is 1. The van der Waals surface area contributed by atoms with Gasteiger partial charge < -0.3 is 9.64 Å². The van der Waals surface area contributed by atoms with Crippen LogP contribution in [-0.4, -0.2) is 31.0 Å². The smallest absolute Gasteiger partial charge is 0.227 e. The third-order valence-corrected chi connectivity index (χ3v) is 4.65. The van der Waals surface area contributed by atoms with Crippen molar-refractivity contribution in [3.8, 4) is 5.75 Å². The van der Waals surface area contributed by atoms with E-state index in [0.717, 1.165) is 30.8 Å². The van der Waals surface area contributed by atoms with Gasteiger partial charge in [0.25, 0.3) is 0 Å². The number of benzene rings is 2. The molecule has 0 N–H and O–H groups in total. The Hall–Kier alpha value is -2.00. The summed E-state index contributed by atoms with van der Waals surface area (Å²) in [6.45, 7) is 1.61. The first kappa shape index (κ1) is 15.9. The zero-order valence-corrected chi connectivity index (χ0v) is 13.9. The maximum absolute atomic E-state index is 12.4. The maximum Gasteiger partial charge on any atom is 0.227 e. The molecule has 1 saturated heterocycles. The molecular formula is C19H20ClNO2. The number of methoxy groups -OCH3 is 1. The molecule has 1 heterocycles. The van der Waals surface area contributed by atoms with Crippen LogP contribution in [-0.2, 0) is 11.2 Å². The minimum atomic E-state index is 0.184. The van der Waals surface area contributed by atoms with Crippen molar-refractivity contribution in [2.45, 2.75) is 18.8 Å². The average Bonchev–Trinajstić information content (AvgIpc) is 3.07. The van der Waals surface area contributed by atoms with Crippen molar-refractivity contribution in [3.05, 3.63) is 64.7 Å². The van der Waals surface area contributed by atoms with Crippen LogP contribution in [0.5, 0.6) is 5.75 Å². The Morgan fingerprint density at radius 2 is 1.87 bits per heavy atom. The number of hydrogen-bond acceptors (Lipinski definition) is 2. The number of hydrogen-bond donors (Lipinski definition) is 0. The topological polar surface area (TPSA) is 29.5 Å². The molecule has 0 saturated carbocycles. The molecule has 0 aromatic heterocycles. The van der Waals surface area contributed by atoms with Gasteiger partial charge in [-0.1, -0.05) is 35.9 Å². The second kappa shape index (κ2) is 7.05. The van der Waals surface area contributed by atoms with Crippen molar-refractivity contribution in [1.29, 1.82) is 0 Å². The number of ether oxygens (including phenoxy) is 1. The molecular weight excluding hydrogens is 310 g/mol. The van der Waals surface area contributed by atoms with Crippen molar-refractivity contribution in [3.63, 3.8) is 0 Å². The van der Waals surface area contributed by atoms with E-state index in [1.807, 2.05) is 41.3 Å². The summed E-state index contributed by atoms with van der Waals surface area (Å²) in [7, 11) is 1.67. The Morgan fingerprint density at radius 3 is 2.52 bits per heavy atom. The Bertz CT molecular complexity index is 667. The molecule has 4 heteroatoms. The van der Waals surface area contributed by atoms with Crippen LogP contribution >= 0.6 is 11.6 Å². The minimum absolute atomic E-state index is 0.184. The number of carbonyl (C=O) groups excluding carboxylic acids is 1. The Kier molecular flexibility index (Phi) is 4.87. The van der Waals surface area contributed by atoms with E-state index in [-0.39, 0.29) is 5.91 Å². The van der Waals surface area contributed by atoms with Crippen LogP contribution in [0.2, 0.25) is 5.02 Å². The molecule has 120 valence electrons. The van der Waals surface area contributed by atoms with Gasteiger partial charge in [0.05, 0.1) is 13.5 Å². The quantitative estimate of drug-likeness (QED) is 0.851. The summed E-state index contributed by atoms with van der Waals surface area (Å²) in [6.07, 6.45) is 1.45. The summed E-state index contributed by atoms with van der Waals surface area (Å²) in [6, 6.07) is 15.6. The highest BCUT2D eigenvalue weighted by molar-refractivity contribution is 6.30. The predicted molar refractivity (Wildman–Crippen MR) is 92.1 cm³/mol. The molecule has 1 aliphatic heterocycles. The molecule has 2 aromatic carbocycles. The second-order valence-electron chi connectivity index (χ2n) is 5.90. The molecule has 0 unspecified atom stereocenters. The van der Waals surface area contributed by atoms with Crippen molar-refractivity contribution in [2.75, 3.05) is 20.2 Å². The van der Waals surface area contributed by atoms with E-state index in [1.54, 1.807) is 7.11 Å². The summed E-state index contributed by atoms with van der Waals surface area (Å²) in [5.41, 5.74) is 2.28. The monoisotopic (exact) mass is 329 g/mol. The number of likely N-dealkylation sites (tertiary alicyclic amines) is 1. The number of nitrogens with zero attached hydrogens (tertiary/aromatic N) is 1. The lowest BCUT2D eigenvalue weighted by atomic mass is 9.98. The summed E-state index contributed by atoms with van der Waals surface area (Å²) in [4.78, 5) is 14.4. The average molecular weight is 330 g/mol. The van der Waals surface area contributed by atoms with Crippen LogP contribution in [0.4, 0.5) is 0 Å². The van der Waals surface area contributed by atoms with Crippen molar-refractivity contribution >= 4 is 17.5 Å². The molecule has 23 heavy (non-hydrogen) atoms. The van der Waals surface area contributed by atoms with E-state index in [2.05, 4.69) is 12.1 Å². The van der Waals surface area contributed by atoms with Crippen molar-refractivity contribution < 1.29 is 9.53 Å². The van der Waals surface area contributed by atoms with Gasteiger partial charge in [-0.3, -0.25) is 4.79 Å². The molecule has 0 aliphatic carbocycles. The predicted octanol–water partition coefficient (Wildman–Crippen LogP) is 3.91. The van der Waals surface area contributed by atoms with E-state index in [9.17, 15) is 4.79 Å². The lowest BCUT2D eigenvalue weighted by Crippen LogP contribution is -2.29. The lowest BCUT2D eigenvalue weighted by Gasteiger charge is -2.17. The number of carbonyl (C=O) groups is 1. The lowest BCUT2D eigenvalue weighted by molar-refractivity contribution is -0.129. The van der Waals surface area contributed by atoms with Gasteiger partial charge in [0.1, 0.15) is 5.75 Å². The molecule has 3 nitrogen and oxygen atoms in total. The first-order valence-corrected chi connectivity index (χ1v) is 8.19. The minimum Gasteiger partial charge on any atom is -0.497 e. The van der Waals surface area contributed by atoms with Crippen molar-refractivity contribution in [1.82, 2.24) is 4.90 Å². The van der Waals surface area contributed by atoms with Gasteiger partial charge in [0, 0.05) is 24.0 Å². The van der Waals surface area contributed by atoms with Crippen LogP contribution in [0.3, 0.4) is 0 Å². The maximum atomic E-state index is 12.4. The molecule has 0 bridgehead atoms. The second-order valence-corrected chi connectivity index (χ2v) is 6.34. The van der Waals surface area contributed by atoms with E-state index < -0.39 is 0 Å². The van der Waals surface area contributed by atoms with Gasteiger partial charge in [-0.25, -0.2) is 0 Å². The first-order valence-electron chi connectivity index (χ1n) is 7.82. The van der Waals surface area contributed by atoms with Crippen LogP contribution in [0.15, 0.2) is 48.5 Å². The summed E-state index contributed by atoms with van der Waals surface area (Å²) in [5.74, 6) is 1.46. The van der Waals surface area contributed by atoms with Gasteiger partial charge in [-0.15, -0.1) is 0 Å². The fourth-order valence-corrected chi connectivity index (χ4v) is 3.15. The van der Waals surface area contributed by atoms with Gasteiger partial charge in [0.2, 0.25) is 5.91 Å². The van der Waals surface area contributed by atoms with Gasteiger partial charge in [-0.2, -0.15) is 0 Å². The summed E-state index contributed by atoms with van der Waals surface area (Å²) in [5, 5.41) is 0.696. The Labute approximate surface area is 141 Å². The van der Waals surface area contributed by atoms with E-state index >= 15 is 0 Å². The van der Waals surface area contributed by atoms with Gasteiger partial charge in [0.15, 0.2) is 0 Å². The molecule has 1 fully saturated rings. The van der Waals surface area contributed by atoms with Crippen LogP contribution in [0, 0.1) is 0 Å². The standard InChI is InChI=1S/C19H20ClNO2/c1-23-18-8-4-15(5-9-18)16-10-11-21(13-16)19(22)12-14-2-6-17(20)7-3-14/h2-9,16H,10-13H2,1H3/t16-/m0/s1. The molecule has 0 radical (unpaired) electrons. The van der Waals surface area contributed by atoms with Crippen LogP contribution in [0.1, 0.15) is 23.5 Å². The molecule has 1 amide bonds. The zero-order chi connectivity index (χ0) is 16.2. The highest BCUT2D eigenvalue weighted by Crippen LogP contribution is 2.28. The summed E-state index contributed by atoms with van der Waals surface area (Å²) < 4.78 is 5.19. The number of rotatable bonds is 4. The SMILES string of the molecule is COc1ccc([C@H]2CCN(C(=O)Cc3ccc(Cl)cc3)C2)cc1. The molecule has 1 atom stereocenters. The largest absolute Gasteiger partial charge is 0.497 e. The molecule has 0 spiro atoms. The van der Waals surface area contributed by atoms with Crippen molar-refractivity contribution in [2.24, 2.45) is 0 Å². The fourth-order valence-electron chi connectivity index (χ4n) is 3.02. The fraction of sp³-hybridized carbons (Fsp3) is 0.316. The Balaban J connectivity index is 1.60.